The lowest BCUT2D eigenvalue weighted by Crippen LogP contribution is -2.25. The third kappa shape index (κ3) is 3.42. The van der Waals surface area contributed by atoms with Gasteiger partial charge in [-0.3, -0.25) is 4.21 Å². The standard InChI is InChI=1S/C15H15F2NO2S2/c16-11-2-1-3-12(17)15(11)13-8-21-14(18-13)9-22(19)10-4-6-20-7-5-10/h1-3,8,10H,4-7,9H2/t22-/m0/s1. The Balaban J connectivity index is 1.75. The van der Waals surface area contributed by atoms with Crippen LogP contribution in [0.15, 0.2) is 23.6 Å². The fraction of sp³-hybridized carbons (Fsp3) is 0.400. The summed E-state index contributed by atoms with van der Waals surface area (Å²) in [5.41, 5.74) is 0.140. The average Bonchev–Trinajstić information content (AvgIpc) is 2.96. The van der Waals surface area contributed by atoms with Crippen LogP contribution in [0.4, 0.5) is 8.78 Å². The third-order valence-corrected chi connectivity index (χ3v) is 6.38. The van der Waals surface area contributed by atoms with Gasteiger partial charge < -0.3 is 4.74 Å². The number of aromatic nitrogens is 1. The first kappa shape index (κ1) is 15.7. The van der Waals surface area contributed by atoms with Gasteiger partial charge in [-0.1, -0.05) is 6.07 Å². The second-order valence-corrected chi connectivity index (χ2v) is 7.72. The number of ether oxygens (including phenoxy) is 1. The van der Waals surface area contributed by atoms with Gasteiger partial charge in [-0.25, -0.2) is 13.8 Å². The highest BCUT2D eigenvalue weighted by Crippen LogP contribution is 2.28. The maximum absolute atomic E-state index is 13.7. The maximum atomic E-state index is 13.7. The molecule has 2 heterocycles. The van der Waals surface area contributed by atoms with Crippen LogP contribution in [0.1, 0.15) is 17.8 Å². The first-order valence-corrected chi connectivity index (χ1v) is 9.25. The van der Waals surface area contributed by atoms with Crippen molar-refractivity contribution < 1.29 is 17.7 Å². The molecular weight excluding hydrogens is 328 g/mol. The van der Waals surface area contributed by atoms with Crippen LogP contribution >= 0.6 is 11.3 Å². The Morgan fingerprint density at radius 2 is 1.95 bits per heavy atom. The van der Waals surface area contributed by atoms with E-state index in [1.54, 1.807) is 5.38 Å². The molecule has 1 fully saturated rings. The molecule has 0 amide bonds. The van der Waals surface area contributed by atoms with E-state index in [1.807, 2.05) is 0 Å². The predicted octanol–water partition coefficient (Wildman–Crippen LogP) is 3.52. The lowest BCUT2D eigenvalue weighted by Gasteiger charge is -2.20. The summed E-state index contributed by atoms with van der Waals surface area (Å²) in [4.78, 5) is 4.25. The van der Waals surface area contributed by atoms with Crippen molar-refractivity contribution in [3.05, 3.63) is 40.2 Å². The van der Waals surface area contributed by atoms with Gasteiger partial charge in [0.05, 0.1) is 17.0 Å². The number of hydrogen-bond acceptors (Lipinski definition) is 4. The second kappa shape index (κ2) is 6.93. The SMILES string of the molecule is O=[S@@](Cc1nc(-c2c(F)cccc2F)cs1)C1CCOCC1. The van der Waals surface area contributed by atoms with Crippen LogP contribution in [-0.4, -0.2) is 27.7 Å². The quantitative estimate of drug-likeness (QED) is 0.853. The van der Waals surface area contributed by atoms with E-state index in [4.69, 9.17) is 4.74 Å². The van der Waals surface area contributed by atoms with Gasteiger partial charge in [0.25, 0.3) is 0 Å². The summed E-state index contributed by atoms with van der Waals surface area (Å²) in [5, 5.41) is 2.37. The molecule has 1 aliphatic heterocycles. The molecule has 0 aliphatic carbocycles. The Morgan fingerprint density at radius 3 is 2.64 bits per heavy atom. The van der Waals surface area contributed by atoms with Crippen molar-refractivity contribution in [2.75, 3.05) is 13.2 Å². The minimum absolute atomic E-state index is 0.117. The van der Waals surface area contributed by atoms with Crippen LogP contribution in [0.2, 0.25) is 0 Å². The molecule has 0 N–H and O–H groups in total. The molecule has 118 valence electrons. The molecule has 1 saturated heterocycles. The minimum Gasteiger partial charge on any atom is -0.381 e. The van der Waals surface area contributed by atoms with E-state index in [9.17, 15) is 13.0 Å². The zero-order chi connectivity index (χ0) is 15.5. The van der Waals surface area contributed by atoms with Crippen molar-refractivity contribution in [3.63, 3.8) is 0 Å². The Kier molecular flexibility index (Phi) is 4.95. The normalized spacial score (nSPS) is 17.5. The van der Waals surface area contributed by atoms with Crippen LogP contribution in [0, 0.1) is 11.6 Å². The van der Waals surface area contributed by atoms with Gasteiger partial charge in [-0.05, 0) is 25.0 Å². The highest BCUT2D eigenvalue weighted by Gasteiger charge is 2.22. The Labute approximate surface area is 133 Å². The van der Waals surface area contributed by atoms with Crippen molar-refractivity contribution in [3.8, 4) is 11.3 Å². The molecule has 3 nitrogen and oxygen atoms in total. The fourth-order valence-corrected chi connectivity index (χ4v) is 4.86. The van der Waals surface area contributed by atoms with Crippen LogP contribution in [0.5, 0.6) is 0 Å². The van der Waals surface area contributed by atoms with Gasteiger partial charge in [0.1, 0.15) is 16.6 Å². The summed E-state index contributed by atoms with van der Waals surface area (Å²) in [6, 6.07) is 3.73. The number of nitrogens with zero attached hydrogens (tertiary/aromatic N) is 1. The molecule has 0 radical (unpaired) electrons. The third-order valence-electron chi connectivity index (χ3n) is 3.58. The van der Waals surface area contributed by atoms with Gasteiger partial charge >= 0.3 is 0 Å². The summed E-state index contributed by atoms with van der Waals surface area (Å²) >= 11 is 1.29. The number of thiazole rings is 1. The van der Waals surface area contributed by atoms with Crippen molar-refractivity contribution in [1.82, 2.24) is 4.98 Å². The van der Waals surface area contributed by atoms with E-state index in [0.29, 0.717) is 24.0 Å². The summed E-state index contributed by atoms with van der Waals surface area (Å²) < 4.78 is 45.1. The van der Waals surface area contributed by atoms with E-state index in [0.717, 1.165) is 12.8 Å². The van der Waals surface area contributed by atoms with Gasteiger partial charge in [0.2, 0.25) is 0 Å². The minimum atomic E-state index is -1.03. The molecule has 22 heavy (non-hydrogen) atoms. The largest absolute Gasteiger partial charge is 0.381 e. The number of benzene rings is 1. The van der Waals surface area contributed by atoms with Gasteiger partial charge in [0, 0.05) is 34.6 Å². The molecule has 0 bridgehead atoms. The molecular formula is C15H15F2NO2S2. The first-order chi connectivity index (χ1) is 10.6. The van der Waals surface area contributed by atoms with Crippen molar-refractivity contribution in [1.29, 1.82) is 0 Å². The predicted molar refractivity (Wildman–Crippen MR) is 83.2 cm³/mol. The van der Waals surface area contributed by atoms with Gasteiger partial charge in [-0.2, -0.15) is 0 Å². The zero-order valence-electron chi connectivity index (χ0n) is 11.8. The van der Waals surface area contributed by atoms with E-state index in [2.05, 4.69) is 4.98 Å². The molecule has 3 rings (SSSR count). The first-order valence-electron chi connectivity index (χ1n) is 6.99. The molecule has 0 unspecified atom stereocenters. The zero-order valence-corrected chi connectivity index (χ0v) is 13.4. The topological polar surface area (TPSA) is 39.2 Å². The number of rotatable bonds is 4. The van der Waals surface area contributed by atoms with Crippen molar-refractivity contribution in [2.24, 2.45) is 0 Å². The average molecular weight is 343 g/mol. The Morgan fingerprint density at radius 1 is 1.27 bits per heavy atom. The fourth-order valence-electron chi connectivity index (χ4n) is 2.41. The van der Waals surface area contributed by atoms with Gasteiger partial charge in [0.15, 0.2) is 0 Å². The van der Waals surface area contributed by atoms with Crippen molar-refractivity contribution >= 4 is 22.1 Å². The summed E-state index contributed by atoms with van der Waals surface area (Å²) in [6.07, 6.45) is 1.57. The highest BCUT2D eigenvalue weighted by atomic mass is 32.2. The molecule has 7 heteroatoms. The second-order valence-electron chi connectivity index (χ2n) is 5.06. The molecule has 1 aromatic carbocycles. The Hall–Kier alpha value is -1.18. The van der Waals surface area contributed by atoms with Crippen molar-refractivity contribution in [2.45, 2.75) is 23.8 Å². The van der Waals surface area contributed by atoms with E-state index >= 15 is 0 Å². The van der Waals surface area contributed by atoms with E-state index < -0.39 is 22.4 Å². The lowest BCUT2D eigenvalue weighted by molar-refractivity contribution is 0.0992. The lowest BCUT2D eigenvalue weighted by atomic mass is 10.1. The summed E-state index contributed by atoms with van der Waals surface area (Å²) in [5.74, 6) is -0.949. The maximum Gasteiger partial charge on any atom is 0.135 e. The number of hydrogen-bond donors (Lipinski definition) is 0. The van der Waals surface area contributed by atoms with Gasteiger partial charge in [-0.15, -0.1) is 11.3 Å². The molecule has 1 atom stereocenters. The molecule has 0 saturated carbocycles. The number of halogens is 2. The summed E-state index contributed by atoms with van der Waals surface area (Å²) in [7, 11) is -1.03. The van der Waals surface area contributed by atoms with E-state index in [-0.39, 0.29) is 16.5 Å². The van der Waals surface area contributed by atoms with Crippen LogP contribution in [0.25, 0.3) is 11.3 Å². The van der Waals surface area contributed by atoms with Crippen LogP contribution in [-0.2, 0) is 21.3 Å². The summed E-state index contributed by atoms with van der Waals surface area (Å²) in [6.45, 7) is 1.28. The molecule has 1 aliphatic rings. The molecule has 1 aromatic heterocycles. The van der Waals surface area contributed by atoms with Crippen LogP contribution in [0.3, 0.4) is 0 Å². The van der Waals surface area contributed by atoms with Crippen LogP contribution < -0.4 is 0 Å². The monoisotopic (exact) mass is 343 g/mol. The highest BCUT2D eigenvalue weighted by molar-refractivity contribution is 7.85. The smallest absolute Gasteiger partial charge is 0.135 e. The molecule has 0 spiro atoms. The Bertz CT molecular complexity index is 664. The van der Waals surface area contributed by atoms with E-state index in [1.165, 1.54) is 29.5 Å². The molecule has 2 aromatic rings.